The van der Waals surface area contributed by atoms with Crippen molar-refractivity contribution in [1.82, 2.24) is 9.80 Å². The largest absolute Gasteiger partial charge is 1.00 e. The van der Waals surface area contributed by atoms with Crippen molar-refractivity contribution in [3.05, 3.63) is 0 Å². The molecule has 0 aromatic carbocycles. The number of hydrogen-bond acceptors (Lipinski definition) is 3. The van der Waals surface area contributed by atoms with E-state index in [9.17, 15) is 5.11 Å². The van der Waals surface area contributed by atoms with E-state index in [1.54, 1.807) is 0 Å². The fourth-order valence-electron chi connectivity index (χ4n) is 2.04. The van der Waals surface area contributed by atoms with Gasteiger partial charge in [0.25, 0.3) is 0 Å². The molecule has 1 aliphatic heterocycles. The molecule has 0 spiro atoms. The van der Waals surface area contributed by atoms with Gasteiger partial charge in [-0.25, -0.2) is 0 Å². The number of rotatable bonds is 4. The summed E-state index contributed by atoms with van der Waals surface area (Å²) in [6.07, 6.45) is 1.23. The van der Waals surface area contributed by atoms with Gasteiger partial charge in [0.15, 0.2) is 0 Å². The Hall–Kier alpha value is 1.52. The Morgan fingerprint density at radius 3 is 2.25 bits per heavy atom. The second kappa shape index (κ2) is 13.0. The summed E-state index contributed by atoms with van der Waals surface area (Å²) >= 11 is 0. The predicted octanol–water partition coefficient (Wildman–Crippen LogP) is -2.21. The zero-order valence-corrected chi connectivity index (χ0v) is 15.0. The van der Waals surface area contributed by atoms with Gasteiger partial charge >= 0.3 is 51.4 Å². The number of hydrogen-bond donors (Lipinski definition) is 0. The molecule has 0 aromatic rings. The van der Waals surface area contributed by atoms with E-state index in [1.807, 2.05) is 13.8 Å². The first-order valence-corrected chi connectivity index (χ1v) is 6.32. The van der Waals surface area contributed by atoms with E-state index in [-0.39, 0.29) is 58.0 Å². The molecule has 0 bridgehead atoms. The van der Waals surface area contributed by atoms with Crippen LogP contribution in [0.1, 0.15) is 34.1 Å². The Labute approximate surface area is 144 Å². The van der Waals surface area contributed by atoms with Crippen molar-refractivity contribution >= 4 is 0 Å². The van der Waals surface area contributed by atoms with Gasteiger partial charge in [-0.1, -0.05) is 20.8 Å². The smallest absolute Gasteiger partial charge is 0.854 e. The quantitative estimate of drug-likeness (QED) is 0.533. The SMILES string of the molecule is CC.CCCN1CCN(CC[O-])C(C)C1.[K+]. The molecular formula is C12H27KN2O. The van der Waals surface area contributed by atoms with Gasteiger partial charge in [-0.2, -0.15) is 0 Å². The molecule has 0 saturated carbocycles. The molecule has 0 amide bonds. The van der Waals surface area contributed by atoms with Crippen LogP contribution in [0, 0.1) is 0 Å². The summed E-state index contributed by atoms with van der Waals surface area (Å²) in [6.45, 7) is 13.7. The Bertz CT molecular complexity index is 147. The fourth-order valence-corrected chi connectivity index (χ4v) is 2.04. The summed E-state index contributed by atoms with van der Waals surface area (Å²) in [5, 5.41) is 10.5. The predicted molar refractivity (Wildman–Crippen MR) is 64.0 cm³/mol. The number of piperazine rings is 1. The van der Waals surface area contributed by atoms with Crippen molar-refractivity contribution in [2.45, 2.75) is 40.2 Å². The second-order valence-corrected chi connectivity index (χ2v) is 3.89. The van der Waals surface area contributed by atoms with Gasteiger partial charge in [-0.3, -0.25) is 4.90 Å². The standard InChI is InChI=1S/C10H21N2O.C2H6.K/c1-3-4-11-5-6-12(7-8-13)10(2)9-11;1-2;/h10H,3-9H2,1-2H3;1-2H3;/q-1;;+1. The molecule has 0 radical (unpaired) electrons. The molecule has 4 heteroatoms. The molecule has 1 aliphatic rings. The number of nitrogens with zero attached hydrogens (tertiary/aromatic N) is 2. The van der Waals surface area contributed by atoms with Gasteiger partial charge in [-0.15, -0.1) is 6.61 Å². The molecule has 1 fully saturated rings. The molecule has 1 saturated heterocycles. The third-order valence-electron chi connectivity index (χ3n) is 2.77. The van der Waals surface area contributed by atoms with Gasteiger partial charge in [0.1, 0.15) is 0 Å². The Morgan fingerprint density at radius 1 is 1.19 bits per heavy atom. The maximum atomic E-state index is 10.5. The first kappa shape index (κ1) is 19.8. The molecule has 1 atom stereocenters. The minimum absolute atomic E-state index is 0. The molecule has 1 rings (SSSR count). The average molecular weight is 254 g/mol. The first-order chi connectivity index (χ1) is 7.27. The topological polar surface area (TPSA) is 29.5 Å². The van der Waals surface area contributed by atoms with Crippen LogP contribution in [0.2, 0.25) is 0 Å². The van der Waals surface area contributed by atoms with Crippen LogP contribution < -0.4 is 56.5 Å². The molecule has 0 aromatic heterocycles. The van der Waals surface area contributed by atoms with Crippen LogP contribution in [0.25, 0.3) is 0 Å². The summed E-state index contributed by atoms with van der Waals surface area (Å²) in [4.78, 5) is 4.80. The summed E-state index contributed by atoms with van der Waals surface area (Å²) in [5.74, 6) is 0. The van der Waals surface area contributed by atoms with Crippen LogP contribution in [0.4, 0.5) is 0 Å². The summed E-state index contributed by atoms with van der Waals surface area (Å²) < 4.78 is 0. The molecule has 92 valence electrons. The van der Waals surface area contributed by atoms with Crippen LogP contribution in [0.5, 0.6) is 0 Å². The minimum Gasteiger partial charge on any atom is -0.854 e. The van der Waals surface area contributed by atoms with Gasteiger partial charge in [0, 0.05) is 25.7 Å². The summed E-state index contributed by atoms with van der Waals surface area (Å²) in [5.41, 5.74) is 0. The molecule has 0 N–H and O–H groups in total. The van der Waals surface area contributed by atoms with Crippen LogP contribution in [0.15, 0.2) is 0 Å². The van der Waals surface area contributed by atoms with Crippen molar-refractivity contribution in [2.24, 2.45) is 0 Å². The second-order valence-electron chi connectivity index (χ2n) is 3.89. The van der Waals surface area contributed by atoms with E-state index < -0.39 is 0 Å². The van der Waals surface area contributed by atoms with Crippen LogP contribution in [-0.2, 0) is 0 Å². The van der Waals surface area contributed by atoms with Crippen molar-refractivity contribution in [2.75, 3.05) is 39.3 Å². The van der Waals surface area contributed by atoms with E-state index >= 15 is 0 Å². The monoisotopic (exact) mass is 254 g/mol. The van der Waals surface area contributed by atoms with Gasteiger partial charge in [-0.05, 0) is 26.4 Å². The van der Waals surface area contributed by atoms with E-state index in [1.165, 1.54) is 13.0 Å². The zero-order valence-electron chi connectivity index (χ0n) is 11.8. The maximum Gasteiger partial charge on any atom is 1.00 e. The van der Waals surface area contributed by atoms with Crippen molar-refractivity contribution in [1.29, 1.82) is 0 Å². The normalized spacial score (nSPS) is 21.9. The molecule has 1 unspecified atom stereocenters. The molecule has 0 aliphatic carbocycles. The summed E-state index contributed by atoms with van der Waals surface area (Å²) in [7, 11) is 0. The van der Waals surface area contributed by atoms with Crippen molar-refractivity contribution < 1.29 is 56.5 Å². The Balaban J connectivity index is 0. The zero-order chi connectivity index (χ0) is 11.7. The summed E-state index contributed by atoms with van der Waals surface area (Å²) in [6, 6.07) is 0.564. The molecule has 1 heterocycles. The van der Waals surface area contributed by atoms with Crippen LogP contribution in [-0.4, -0.2) is 55.2 Å². The van der Waals surface area contributed by atoms with Gasteiger partial charge in [0.2, 0.25) is 0 Å². The minimum atomic E-state index is 0. The third kappa shape index (κ3) is 7.77. The van der Waals surface area contributed by atoms with E-state index in [2.05, 4.69) is 23.6 Å². The van der Waals surface area contributed by atoms with Crippen LogP contribution in [0.3, 0.4) is 0 Å². The molecule has 3 nitrogen and oxygen atoms in total. The average Bonchev–Trinajstić information content (AvgIpc) is 2.26. The third-order valence-corrected chi connectivity index (χ3v) is 2.77. The van der Waals surface area contributed by atoms with E-state index in [0.717, 1.165) is 26.2 Å². The first-order valence-electron chi connectivity index (χ1n) is 6.32. The van der Waals surface area contributed by atoms with Crippen molar-refractivity contribution in [3.8, 4) is 0 Å². The molecule has 16 heavy (non-hydrogen) atoms. The Morgan fingerprint density at radius 2 is 1.81 bits per heavy atom. The van der Waals surface area contributed by atoms with Crippen molar-refractivity contribution in [3.63, 3.8) is 0 Å². The van der Waals surface area contributed by atoms with Gasteiger partial charge in [0.05, 0.1) is 0 Å². The van der Waals surface area contributed by atoms with Crippen LogP contribution >= 0.6 is 0 Å². The fraction of sp³-hybridized carbons (Fsp3) is 1.00. The maximum absolute atomic E-state index is 10.5. The Kier molecular flexibility index (Phi) is 16.1. The molecular weight excluding hydrogens is 227 g/mol. The van der Waals surface area contributed by atoms with Gasteiger partial charge < -0.3 is 10.0 Å². The van der Waals surface area contributed by atoms with E-state index in [4.69, 9.17) is 0 Å². The van der Waals surface area contributed by atoms with E-state index in [0.29, 0.717) is 6.04 Å².